The fraction of sp³-hybridized carbons (Fsp3) is 0.130. The van der Waals surface area contributed by atoms with Gasteiger partial charge in [0.25, 0.3) is 0 Å². The number of aliphatic hydroxyl groups excluding tert-OH is 1. The Morgan fingerprint density at radius 3 is 2.48 bits per heavy atom. The van der Waals surface area contributed by atoms with E-state index in [1.54, 1.807) is 4.68 Å². The lowest BCUT2D eigenvalue weighted by Crippen LogP contribution is -2.19. The van der Waals surface area contributed by atoms with E-state index in [2.05, 4.69) is 15.7 Å². The Labute approximate surface area is 179 Å². The number of urea groups is 1. The van der Waals surface area contributed by atoms with Crippen LogP contribution in [-0.2, 0) is 13.1 Å². The van der Waals surface area contributed by atoms with Gasteiger partial charge in [0, 0.05) is 17.9 Å². The van der Waals surface area contributed by atoms with E-state index in [1.807, 2.05) is 66.7 Å². The fourth-order valence-electron chi connectivity index (χ4n) is 3.57. The van der Waals surface area contributed by atoms with Crippen molar-refractivity contribution in [1.82, 2.24) is 9.78 Å². The first-order valence-electron chi connectivity index (χ1n) is 9.92. The first-order chi connectivity index (χ1) is 15.1. The molecule has 0 fully saturated rings. The van der Waals surface area contributed by atoms with Crippen LogP contribution in [0.25, 0.3) is 22.0 Å². The first-order valence-corrected chi connectivity index (χ1v) is 9.92. The number of amides is 2. The highest BCUT2D eigenvalue weighted by atomic mass is 16.3. The third-order valence-corrected chi connectivity index (χ3v) is 4.99. The van der Waals surface area contributed by atoms with Crippen LogP contribution in [-0.4, -0.2) is 27.5 Å². The summed E-state index contributed by atoms with van der Waals surface area (Å²) in [6.07, 6.45) is 0. The van der Waals surface area contributed by atoms with Crippen molar-refractivity contribution in [3.8, 4) is 11.1 Å². The molecule has 1 aromatic heterocycles. The largest absolute Gasteiger partial charge is 0.394 e. The number of hydrogen-bond donors (Lipinski definition) is 5. The summed E-state index contributed by atoms with van der Waals surface area (Å²) in [6.45, 7) is 0.775. The molecule has 7 N–H and O–H groups in total. The third kappa shape index (κ3) is 4.35. The van der Waals surface area contributed by atoms with Gasteiger partial charge in [-0.15, -0.1) is 0 Å². The molecule has 0 aliphatic rings. The maximum absolute atomic E-state index is 12.3. The van der Waals surface area contributed by atoms with Gasteiger partial charge in [0.1, 0.15) is 0 Å². The van der Waals surface area contributed by atoms with Gasteiger partial charge in [0.05, 0.1) is 24.1 Å². The van der Waals surface area contributed by atoms with Crippen LogP contribution in [0.15, 0.2) is 66.7 Å². The summed E-state index contributed by atoms with van der Waals surface area (Å²) in [4.78, 5) is 12.3. The molecule has 0 saturated carbocycles. The number of fused-ring (bicyclic) bond motifs is 1. The van der Waals surface area contributed by atoms with Crippen molar-refractivity contribution in [1.29, 1.82) is 0 Å². The maximum Gasteiger partial charge on any atom is 0.323 e. The maximum atomic E-state index is 12.3. The van der Waals surface area contributed by atoms with Crippen LogP contribution in [0.1, 0.15) is 5.56 Å². The number of nitrogens with two attached hydrogens (primary N) is 2. The first kappa shape index (κ1) is 20.4. The average Bonchev–Trinajstić information content (AvgIpc) is 3.10. The minimum Gasteiger partial charge on any atom is -0.394 e. The Kier molecular flexibility index (Phi) is 5.83. The molecular formula is C23H24N6O2. The van der Waals surface area contributed by atoms with E-state index in [-0.39, 0.29) is 12.6 Å². The molecule has 4 rings (SSSR count). The van der Waals surface area contributed by atoms with Gasteiger partial charge in [0.15, 0.2) is 5.82 Å². The predicted octanol–water partition coefficient (Wildman–Crippen LogP) is 3.38. The molecule has 0 aliphatic carbocycles. The second kappa shape index (κ2) is 8.86. The van der Waals surface area contributed by atoms with Crippen molar-refractivity contribution >= 4 is 34.1 Å². The summed E-state index contributed by atoms with van der Waals surface area (Å²) in [5.41, 5.74) is 16.8. The van der Waals surface area contributed by atoms with E-state index in [4.69, 9.17) is 11.5 Å². The molecule has 8 heteroatoms. The highest BCUT2D eigenvalue weighted by Gasteiger charge is 2.13. The summed E-state index contributed by atoms with van der Waals surface area (Å²) < 4.78 is 1.70. The quantitative estimate of drug-likeness (QED) is 0.329. The molecule has 158 valence electrons. The second-order valence-corrected chi connectivity index (χ2v) is 7.09. The zero-order chi connectivity index (χ0) is 21.8. The Balaban J connectivity index is 1.53. The highest BCUT2D eigenvalue weighted by Crippen LogP contribution is 2.33. The zero-order valence-corrected chi connectivity index (χ0v) is 16.9. The number of carbonyl (C=O) groups excluding carboxylic acids is 1. The van der Waals surface area contributed by atoms with Crippen LogP contribution < -0.4 is 22.1 Å². The normalized spacial score (nSPS) is 10.9. The lowest BCUT2D eigenvalue weighted by molar-refractivity contribution is 0.262. The van der Waals surface area contributed by atoms with E-state index in [0.29, 0.717) is 30.3 Å². The smallest absolute Gasteiger partial charge is 0.323 e. The molecule has 0 radical (unpaired) electrons. The fourth-order valence-corrected chi connectivity index (χ4v) is 3.57. The SMILES string of the molecule is NCc1cccc(NC(=O)Nc2ccc(-c3cccc4c3c(N)nn4CCO)cc2)c1. The van der Waals surface area contributed by atoms with Gasteiger partial charge in [-0.2, -0.15) is 5.10 Å². The zero-order valence-electron chi connectivity index (χ0n) is 16.9. The van der Waals surface area contributed by atoms with Crippen LogP contribution in [0, 0.1) is 0 Å². The molecule has 4 aromatic rings. The topological polar surface area (TPSA) is 131 Å². The Morgan fingerprint density at radius 1 is 1.00 bits per heavy atom. The number of nitrogens with one attached hydrogen (secondary N) is 2. The van der Waals surface area contributed by atoms with E-state index < -0.39 is 0 Å². The van der Waals surface area contributed by atoms with Crippen LogP contribution >= 0.6 is 0 Å². The van der Waals surface area contributed by atoms with Crippen molar-refractivity contribution in [3.63, 3.8) is 0 Å². The summed E-state index contributed by atoms with van der Waals surface area (Å²) in [5.74, 6) is 0.417. The molecule has 0 spiro atoms. The molecule has 3 aromatic carbocycles. The number of nitrogens with zero attached hydrogens (tertiary/aromatic N) is 2. The van der Waals surface area contributed by atoms with Crippen molar-refractivity contribution in [3.05, 3.63) is 72.3 Å². The van der Waals surface area contributed by atoms with E-state index in [0.717, 1.165) is 27.6 Å². The molecule has 0 aliphatic heterocycles. The van der Waals surface area contributed by atoms with Crippen LogP contribution in [0.3, 0.4) is 0 Å². The number of rotatable bonds is 6. The second-order valence-electron chi connectivity index (χ2n) is 7.09. The number of aromatic nitrogens is 2. The van der Waals surface area contributed by atoms with Gasteiger partial charge in [0.2, 0.25) is 0 Å². The lowest BCUT2D eigenvalue weighted by Gasteiger charge is -2.10. The Bertz CT molecular complexity index is 1220. The number of hydrogen-bond acceptors (Lipinski definition) is 5. The van der Waals surface area contributed by atoms with Gasteiger partial charge >= 0.3 is 6.03 Å². The number of carbonyl (C=O) groups is 1. The van der Waals surface area contributed by atoms with Crippen molar-refractivity contribution < 1.29 is 9.90 Å². The van der Waals surface area contributed by atoms with Crippen molar-refractivity contribution in [2.75, 3.05) is 23.0 Å². The minimum absolute atomic E-state index is 0.0145. The predicted molar refractivity (Wildman–Crippen MR) is 124 cm³/mol. The monoisotopic (exact) mass is 416 g/mol. The Hall–Kier alpha value is -3.88. The molecule has 0 atom stereocenters. The minimum atomic E-state index is -0.335. The molecule has 31 heavy (non-hydrogen) atoms. The number of benzene rings is 3. The summed E-state index contributed by atoms with van der Waals surface area (Å²) >= 11 is 0. The van der Waals surface area contributed by atoms with Crippen LogP contribution in [0.4, 0.5) is 22.0 Å². The van der Waals surface area contributed by atoms with Crippen LogP contribution in [0.5, 0.6) is 0 Å². The molecular weight excluding hydrogens is 392 g/mol. The Morgan fingerprint density at radius 2 is 1.74 bits per heavy atom. The van der Waals surface area contributed by atoms with Gasteiger partial charge < -0.3 is 27.2 Å². The lowest BCUT2D eigenvalue weighted by atomic mass is 10.0. The van der Waals surface area contributed by atoms with Gasteiger partial charge in [-0.25, -0.2) is 4.79 Å². The van der Waals surface area contributed by atoms with Gasteiger partial charge in [-0.05, 0) is 47.0 Å². The van der Waals surface area contributed by atoms with Gasteiger partial charge in [-0.3, -0.25) is 4.68 Å². The standard InChI is InChI=1S/C23H24N6O2/c24-14-15-3-1-4-18(13-15)27-23(31)26-17-9-7-16(8-10-17)19-5-2-6-20-21(19)22(25)28-29(20)11-12-30/h1-10,13,30H,11-12,14,24H2,(H2,25,28)(H2,26,27,31). The molecule has 2 amide bonds. The number of aliphatic hydroxyl groups is 1. The van der Waals surface area contributed by atoms with Gasteiger partial charge in [-0.1, -0.05) is 36.4 Å². The summed E-state index contributed by atoms with van der Waals surface area (Å²) in [5, 5.41) is 20.1. The number of nitrogen functional groups attached to an aromatic ring is 1. The van der Waals surface area contributed by atoms with Crippen LogP contribution in [0.2, 0.25) is 0 Å². The molecule has 0 saturated heterocycles. The average molecular weight is 416 g/mol. The molecule has 8 nitrogen and oxygen atoms in total. The molecule has 0 unspecified atom stereocenters. The third-order valence-electron chi connectivity index (χ3n) is 4.99. The van der Waals surface area contributed by atoms with E-state index >= 15 is 0 Å². The molecule has 0 bridgehead atoms. The summed E-state index contributed by atoms with van der Waals surface area (Å²) in [7, 11) is 0. The van der Waals surface area contributed by atoms with E-state index in [9.17, 15) is 9.90 Å². The number of anilines is 3. The highest BCUT2D eigenvalue weighted by molar-refractivity contribution is 6.03. The molecule has 1 heterocycles. The van der Waals surface area contributed by atoms with Crippen molar-refractivity contribution in [2.24, 2.45) is 5.73 Å². The van der Waals surface area contributed by atoms with E-state index in [1.165, 1.54) is 0 Å². The summed E-state index contributed by atoms with van der Waals surface area (Å²) in [6, 6.07) is 20.4. The van der Waals surface area contributed by atoms with Crippen molar-refractivity contribution in [2.45, 2.75) is 13.1 Å².